The first-order valence-electron chi connectivity index (χ1n) is 6.77. The van der Waals surface area contributed by atoms with Gasteiger partial charge in [-0.05, 0) is 39.3 Å². The molecule has 1 aromatic rings. The van der Waals surface area contributed by atoms with Gasteiger partial charge in [-0.3, -0.25) is 0 Å². The van der Waals surface area contributed by atoms with Gasteiger partial charge in [0.15, 0.2) is 11.4 Å². The minimum absolute atomic E-state index is 0.269. The molecular formula is C15H19BN2O3. The van der Waals surface area contributed by atoms with Crippen LogP contribution in [0.1, 0.15) is 39.0 Å². The Morgan fingerprint density at radius 1 is 1.29 bits per heavy atom. The van der Waals surface area contributed by atoms with E-state index in [0.717, 1.165) is 5.56 Å². The fraction of sp³-hybridized carbons (Fsp3) is 0.467. The lowest BCUT2D eigenvalue weighted by atomic mass is 9.89. The van der Waals surface area contributed by atoms with Gasteiger partial charge in [0.1, 0.15) is 6.07 Å². The van der Waals surface area contributed by atoms with Crippen molar-refractivity contribution in [3.05, 3.63) is 29.5 Å². The summed E-state index contributed by atoms with van der Waals surface area (Å²) in [7, 11) is 1.11. The van der Waals surface area contributed by atoms with Crippen LogP contribution in [0.4, 0.5) is 0 Å². The first-order valence-corrected chi connectivity index (χ1v) is 6.77. The summed E-state index contributed by atoms with van der Waals surface area (Å²) in [6.07, 6.45) is 3.46. The normalized spacial score (nSPS) is 19.7. The van der Waals surface area contributed by atoms with Crippen LogP contribution in [0.15, 0.2) is 18.2 Å². The van der Waals surface area contributed by atoms with Crippen LogP contribution in [0.2, 0.25) is 0 Å². The summed E-state index contributed by atoms with van der Waals surface area (Å²) >= 11 is 0. The van der Waals surface area contributed by atoms with Crippen molar-refractivity contribution in [2.75, 3.05) is 7.11 Å². The summed E-state index contributed by atoms with van der Waals surface area (Å²) in [4.78, 5) is 4.05. The highest BCUT2D eigenvalue weighted by molar-refractivity contribution is 6.52. The minimum Gasteiger partial charge on any atom is -0.494 e. The van der Waals surface area contributed by atoms with Crippen molar-refractivity contribution in [3.8, 4) is 11.8 Å². The van der Waals surface area contributed by atoms with E-state index >= 15 is 0 Å². The molecule has 0 spiro atoms. The average Bonchev–Trinajstić information content (AvgIpc) is 2.64. The highest BCUT2D eigenvalue weighted by Crippen LogP contribution is 2.37. The molecule has 0 aromatic carbocycles. The van der Waals surface area contributed by atoms with Crippen LogP contribution < -0.4 is 4.74 Å². The van der Waals surface area contributed by atoms with Crippen molar-refractivity contribution in [2.24, 2.45) is 0 Å². The smallest absolute Gasteiger partial charge is 0.487 e. The Morgan fingerprint density at radius 2 is 1.90 bits per heavy atom. The van der Waals surface area contributed by atoms with Gasteiger partial charge in [-0.25, -0.2) is 4.98 Å². The molecule has 0 N–H and O–H groups in total. The molecule has 2 heterocycles. The van der Waals surface area contributed by atoms with Crippen molar-refractivity contribution in [3.63, 3.8) is 0 Å². The summed E-state index contributed by atoms with van der Waals surface area (Å²) in [5.74, 6) is 2.28. The molecule has 110 valence electrons. The van der Waals surface area contributed by atoms with Gasteiger partial charge in [-0.15, -0.1) is 0 Å². The molecule has 1 aromatic heterocycles. The summed E-state index contributed by atoms with van der Waals surface area (Å²) in [5, 5.41) is 8.91. The van der Waals surface area contributed by atoms with Crippen molar-refractivity contribution in [1.29, 1.82) is 5.26 Å². The molecule has 1 aliphatic heterocycles. The zero-order valence-corrected chi connectivity index (χ0v) is 13.0. The zero-order chi connectivity index (χ0) is 15.7. The predicted octanol–water partition coefficient (Wildman–Crippen LogP) is 2.61. The number of pyridine rings is 1. The predicted molar refractivity (Wildman–Crippen MR) is 80.6 cm³/mol. The quantitative estimate of drug-likeness (QED) is 0.799. The van der Waals surface area contributed by atoms with Gasteiger partial charge >= 0.3 is 7.12 Å². The van der Waals surface area contributed by atoms with Gasteiger partial charge in [0.05, 0.1) is 18.3 Å². The second-order valence-electron chi connectivity index (χ2n) is 5.92. The number of nitrogens with zero attached hydrogens (tertiary/aromatic N) is 2. The molecule has 0 bridgehead atoms. The summed E-state index contributed by atoms with van der Waals surface area (Å²) < 4.78 is 16.9. The lowest BCUT2D eigenvalue weighted by molar-refractivity contribution is 0.00578. The summed E-state index contributed by atoms with van der Waals surface area (Å²) in [6, 6.07) is 3.74. The maximum atomic E-state index is 8.91. The van der Waals surface area contributed by atoms with E-state index < -0.39 is 7.12 Å². The molecular weight excluding hydrogens is 267 g/mol. The standard InChI is InChI=1S/C15H19BN2O3/c1-14(2)15(3,4)21-16(20-14)7-6-11-8-13(19-5)12(9-17)18-10-11/h6-8,10H,1-5H3/b7-6+. The number of hydrogen-bond acceptors (Lipinski definition) is 5. The Kier molecular flexibility index (Phi) is 4.08. The SMILES string of the molecule is COc1cc(/C=C/B2OC(C)(C)C(C)(C)O2)cnc1C#N. The van der Waals surface area contributed by atoms with Gasteiger partial charge < -0.3 is 14.0 Å². The van der Waals surface area contributed by atoms with E-state index in [0.29, 0.717) is 5.75 Å². The van der Waals surface area contributed by atoms with E-state index in [-0.39, 0.29) is 16.9 Å². The molecule has 0 radical (unpaired) electrons. The molecule has 1 aliphatic rings. The number of aromatic nitrogens is 1. The average molecular weight is 286 g/mol. The van der Waals surface area contributed by atoms with Crippen LogP contribution in [0, 0.1) is 11.3 Å². The van der Waals surface area contributed by atoms with E-state index in [1.807, 2.05) is 45.8 Å². The van der Waals surface area contributed by atoms with Crippen LogP contribution >= 0.6 is 0 Å². The molecule has 5 nitrogen and oxygen atoms in total. The third-order valence-electron chi connectivity index (χ3n) is 3.92. The van der Waals surface area contributed by atoms with Crippen molar-refractivity contribution < 1.29 is 14.0 Å². The van der Waals surface area contributed by atoms with Crippen molar-refractivity contribution >= 4 is 13.2 Å². The highest BCUT2D eigenvalue weighted by Gasteiger charge is 2.49. The molecule has 1 fully saturated rings. The second-order valence-corrected chi connectivity index (χ2v) is 5.92. The molecule has 0 saturated carbocycles. The molecule has 2 rings (SSSR count). The van der Waals surface area contributed by atoms with Crippen LogP contribution in [0.3, 0.4) is 0 Å². The summed E-state index contributed by atoms with van der Waals surface area (Å²) in [6.45, 7) is 8.03. The fourth-order valence-corrected chi connectivity index (χ4v) is 1.95. The topological polar surface area (TPSA) is 64.4 Å². The van der Waals surface area contributed by atoms with Crippen LogP contribution in [0.25, 0.3) is 6.08 Å². The first-order chi connectivity index (χ1) is 9.79. The van der Waals surface area contributed by atoms with Gasteiger partial charge in [0.25, 0.3) is 0 Å². The van der Waals surface area contributed by atoms with Gasteiger partial charge in [0, 0.05) is 6.20 Å². The maximum Gasteiger partial charge on any atom is 0.487 e. The molecule has 6 heteroatoms. The Bertz CT molecular complexity index is 589. The lowest BCUT2D eigenvalue weighted by Crippen LogP contribution is -2.41. The number of methoxy groups -OCH3 is 1. The number of ether oxygens (including phenoxy) is 1. The molecule has 0 aliphatic carbocycles. The monoisotopic (exact) mass is 286 g/mol. The minimum atomic E-state index is -0.406. The van der Waals surface area contributed by atoms with E-state index in [9.17, 15) is 0 Å². The first kappa shape index (κ1) is 15.6. The number of hydrogen-bond donors (Lipinski definition) is 0. The number of rotatable bonds is 3. The maximum absolute atomic E-state index is 8.91. The Morgan fingerprint density at radius 3 is 2.43 bits per heavy atom. The zero-order valence-electron chi connectivity index (χ0n) is 13.0. The van der Waals surface area contributed by atoms with Gasteiger partial charge in [-0.1, -0.05) is 12.1 Å². The molecule has 0 unspecified atom stereocenters. The second kappa shape index (κ2) is 5.51. The molecule has 0 atom stereocenters. The van der Waals surface area contributed by atoms with Gasteiger partial charge in [0.2, 0.25) is 0 Å². The van der Waals surface area contributed by atoms with Crippen molar-refractivity contribution in [1.82, 2.24) is 4.98 Å². The fourth-order valence-electron chi connectivity index (χ4n) is 1.95. The number of nitriles is 1. The van der Waals surface area contributed by atoms with E-state index in [4.69, 9.17) is 19.3 Å². The third kappa shape index (κ3) is 3.09. The van der Waals surface area contributed by atoms with Crippen molar-refractivity contribution in [2.45, 2.75) is 38.9 Å². The Balaban J connectivity index is 2.15. The Hall–Kier alpha value is -1.84. The summed E-state index contributed by atoms with van der Waals surface area (Å²) in [5.41, 5.74) is 0.372. The van der Waals surface area contributed by atoms with Gasteiger partial charge in [-0.2, -0.15) is 5.26 Å². The Labute approximate surface area is 125 Å². The highest BCUT2D eigenvalue weighted by atomic mass is 16.7. The van der Waals surface area contributed by atoms with E-state index in [1.165, 1.54) is 7.11 Å². The van der Waals surface area contributed by atoms with Crippen LogP contribution in [-0.2, 0) is 9.31 Å². The lowest BCUT2D eigenvalue weighted by Gasteiger charge is -2.32. The van der Waals surface area contributed by atoms with Crippen LogP contribution in [0.5, 0.6) is 5.75 Å². The molecule has 21 heavy (non-hydrogen) atoms. The molecule has 1 saturated heterocycles. The third-order valence-corrected chi connectivity index (χ3v) is 3.92. The van der Waals surface area contributed by atoms with E-state index in [2.05, 4.69) is 4.98 Å². The molecule has 0 amide bonds. The largest absolute Gasteiger partial charge is 0.494 e. The van der Waals surface area contributed by atoms with Crippen LogP contribution in [-0.4, -0.2) is 30.4 Å². The van der Waals surface area contributed by atoms with E-state index in [1.54, 1.807) is 12.3 Å².